The van der Waals surface area contributed by atoms with Crippen LogP contribution in [-0.4, -0.2) is 36.1 Å². The van der Waals surface area contributed by atoms with Crippen molar-refractivity contribution in [3.63, 3.8) is 0 Å². The lowest BCUT2D eigenvalue weighted by atomic mass is 10.1. The zero-order chi connectivity index (χ0) is 16.1. The van der Waals surface area contributed by atoms with Crippen molar-refractivity contribution < 1.29 is 14.6 Å². The number of aryl methyl sites for hydroxylation is 1. The SMILES string of the molecule is COc1cc(OC)cc(C(O)CNC(C)c2cn[nH]c2C)c1. The minimum Gasteiger partial charge on any atom is -0.497 e. The number of H-pyrrole nitrogens is 1. The standard InChI is InChI=1S/C16H23N3O3/c1-10(15-8-18-19-11(15)2)17-9-16(20)12-5-13(21-3)7-14(6-12)22-4/h5-8,10,16-17,20H,9H2,1-4H3,(H,18,19). The summed E-state index contributed by atoms with van der Waals surface area (Å²) in [5, 5.41) is 20.6. The number of hydrogen-bond acceptors (Lipinski definition) is 5. The summed E-state index contributed by atoms with van der Waals surface area (Å²) >= 11 is 0. The number of rotatable bonds is 7. The first-order valence-electron chi connectivity index (χ1n) is 7.19. The van der Waals surface area contributed by atoms with Crippen molar-refractivity contribution >= 4 is 0 Å². The number of aromatic nitrogens is 2. The van der Waals surface area contributed by atoms with Crippen LogP contribution in [0.3, 0.4) is 0 Å². The normalized spacial score (nSPS) is 13.7. The van der Waals surface area contributed by atoms with E-state index in [1.54, 1.807) is 26.5 Å². The summed E-state index contributed by atoms with van der Waals surface area (Å²) < 4.78 is 10.4. The molecule has 3 N–H and O–H groups in total. The van der Waals surface area contributed by atoms with Crippen molar-refractivity contribution in [3.05, 3.63) is 41.2 Å². The molecule has 1 heterocycles. The molecular weight excluding hydrogens is 282 g/mol. The van der Waals surface area contributed by atoms with E-state index in [0.717, 1.165) is 16.8 Å². The van der Waals surface area contributed by atoms with Gasteiger partial charge in [0.05, 0.1) is 26.5 Å². The van der Waals surface area contributed by atoms with Gasteiger partial charge in [0.15, 0.2) is 0 Å². The van der Waals surface area contributed by atoms with Crippen molar-refractivity contribution in [2.75, 3.05) is 20.8 Å². The summed E-state index contributed by atoms with van der Waals surface area (Å²) in [6.07, 6.45) is 1.15. The molecule has 0 aliphatic heterocycles. The molecule has 1 aromatic heterocycles. The Labute approximate surface area is 130 Å². The number of benzene rings is 1. The molecule has 0 spiro atoms. The molecule has 6 heteroatoms. The van der Waals surface area contributed by atoms with Gasteiger partial charge in [-0.05, 0) is 31.5 Å². The minimum atomic E-state index is -0.654. The van der Waals surface area contributed by atoms with Gasteiger partial charge in [0, 0.05) is 29.9 Å². The molecule has 0 radical (unpaired) electrons. The number of aliphatic hydroxyl groups is 1. The minimum absolute atomic E-state index is 0.0981. The van der Waals surface area contributed by atoms with Crippen LogP contribution in [0.4, 0.5) is 0 Å². The van der Waals surface area contributed by atoms with Gasteiger partial charge >= 0.3 is 0 Å². The van der Waals surface area contributed by atoms with Gasteiger partial charge in [-0.15, -0.1) is 0 Å². The Balaban J connectivity index is 2.03. The third kappa shape index (κ3) is 3.78. The summed E-state index contributed by atoms with van der Waals surface area (Å²) in [6.45, 7) is 4.43. The summed E-state index contributed by atoms with van der Waals surface area (Å²) in [5.41, 5.74) is 2.87. The number of nitrogens with zero attached hydrogens (tertiary/aromatic N) is 1. The smallest absolute Gasteiger partial charge is 0.122 e. The van der Waals surface area contributed by atoms with Crippen molar-refractivity contribution in [2.45, 2.75) is 26.0 Å². The van der Waals surface area contributed by atoms with Crippen molar-refractivity contribution in [3.8, 4) is 11.5 Å². The zero-order valence-corrected chi connectivity index (χ0v) is 13.4. The van der Waals surface area contributed by atoms with Gasteiger partial charge in [-0.2, -0.15) is 5.10 Å². The average molecular weight is 305 g/mol. The quantitative estimate of drug-likeness (QED) is 0.730. The van der Waals surface area contributed by atoms with Crippen LogP contribution in [0, 0.1) is 6.92 Å². The molecule has 6 nitrogen and oxygen atoms in total. The third-order valence-electron chi connectivity index (χ3n) is 3.71. The monoisotopic (exact) mass is 305 g/mol. The first-order valence-corrected chi connectivity index (χ1v) is 7.19. The van der Waals surface area contributed by atoms with E-state index in [4.69, 9.17) is 9.47 Å². The summed E-state index contributed by atoms with van der Waals surface area (Å²) in [6, 6.07) is 5.49. The van der Waals surface area contributed by atoms with Gasteiger partial charge < -0.3 is 19.9 Å². The molecule has 2 aromatic rings. The second-order valence-corrected chi connectivity index (χ2v) is 5.24. The van der Waals surface area contributed by atoms with Gasteiger partial charge in [0.1, 0.15) is 11.5 Å². The fraction of sp³-hybridized carbons (Fsp3) is 0.438. The molecule has 120 valence electrons. The Kier molecular flexibility index (Phi) is 5.41. The number of aromatic amines is 1. The van der Waals surface area contributed by atoms with Crippen LogP contribution >= 0.6 is 0 Å². The van der Waals surface area contributed by atoms with Crippen LogP contribution in [0.1, 0.15) is 35.9 Å². The third-order valence-corrected chi connectivity index (χ3v) is 3.71. The Bertz CT molecular complexity index is 590. The van der Waals surface area contributed by atoms with E-state index in [1.807, 2.05) is 26.0 Å². The first-order chi connectivity index (χ1) is 10.5. The molecule has 2 rings (SSSR count). The number of nitrogens with one attached hydrogen (secondary N) is 2. The second kappa shape index (κ2) is 7.29. The lowest BCUT2D eigenvalue weighted by molar-refractivity contribution is 0.170. The Morgan fingerprint density at radius 2 is 1.86 bits per heavy atom. The number of methoxy groups -OCH3 is 2. The van der Waals surface area contributed by atoms with Crippen LogP contribution in [-0.2, 0) is 0 Å². The van der Waals surface area contributed by atoms with Crippen LogP contribution in [0.5, 0.6) is 11.5 Å². The topological polar surface area (TPSA) is 79.4 Å². The second-order valence-electron chi connectivity index (χ2n) is 5.24. The van der Waals surface area contributed by atoms with Crippen LogP contribution in [0.2, 0.25) is 0 Å². The molecule has 1 aromatic carbocycles. The molecule has 0 saturated heterocycles. The van der Waals surface area contributed by atoms with Gasteiger partial charge in [0.2, 0.25) is 0 Å². The van der Waals surface area contributed by atoms with Crippen molar-refractivity contribution in [1.29, 1.82) is 0 Å². The maximum Gasteiger partial charge on any atom is 0.122 e. The predicted molar refractivity (Wildman–Crippen MR) is 84.2 cm³/mol. The Morgan fingerprint density at radius 3 is 2.36 bits per heavy atom. The molecular formula is C16H23N3O3. The zero-order valence-electron chi connectivity index (χ0n) is 13.4. The average Bonchev–Trinajstić information content (AvgIpc) is 2.97. The van der Waals surface area contributed by atoms with Gasteiger partial charge in [-0.1, -0.05) is 0 Å². The Morgan fingerprint density at radius 1 is 1.23 bits per heavy atom. The highest BCUT2D eigenvalue weighted by molar-refractivity contribution is 5.39. The molecule has 2 unspecified atom stereocenters. The molecule has 0 amide bonds. The van der Waals surface area contributed by atoms with E-state index in [9.17, 15) is 5.11 Å². The molecule has 0 bridgehead atoms. The molecule has 0 saturated carbocycles. The fourth-order valence-corrected chi connectivity index (χ4v) is 2.33. The molecule has 0 fully saturated rings. The van der Waals surface area contributed by atoms with E-state index in [1.165, 1.54) is 0 Å². The van der Waals surface area contributed by atoms with Crippen LogP contribution < -0.4 is 14.8 Å². The highest BCUT2D eigenvalue weighted by atomic mass is 16.5. The summed E-state index contributed by atoms with van der Waals surface area (Å²) in [4.78, 5) is 0. The van der Waals surface area contributed by atoms with Crippen molar-refractivity contribution in [2.24, 2.45) is 0 Å². The fourth-order valence-electron chi connectivity index (χ4n) is 2.33. The van der Waals surface area contributed by atoms with Gasteiger partial charge in [0.25, 0.3) is 0 Å². The predicted octanol–water partition coefficient (Wildman–Crippen LogP) is 2.12. The lowest BCUT2D eigenvalue weighted by Gasteiger charge is -2.18. The van der Waals surface area contributed by atoms with E-state index in [-0.39, 0.29) is 6.04 Å². The van der Waals surface area contributed by atoms with Crippen LogP contribution in [0.25, 0.3) is 0 Å². The number of aliphatic hydroxyl groups excluding tert-OH is 1. The number of hydrogen-bond donors (Lipinski definition) is 3. The van der Waals surface area contributed by atoms with E-state index >= 15 is 0 Å². The van der Waals surface area contributed by atoms with E-state index < -0.39 is 6.10 Å². The highest BCUT2D eigenvalue weighted by Crippen LogP contribution is 2.26. The maximum absolute atomic E-state index is 10.4. The van der Waals surface area contributed by atoms with Gasteiger partial charge in [-0.25, -0.2) is 0 Å². The molecule has 0 aliphatic carbocycles. The van der Waals surface area contributed by atoms with E-state index in [2.05, 4.69) is 15.5 Å². The molecule has 22 heavy (non-hydrogen) atoms. The Hall–Kier alpha value is -2.05. The number of ether oxygens (including phenoxy) is 2. The lowest BCUT2D eigenvalue weighted by Crippen LogP contribution is -2.25. The van der Waals surface area contributed by atoms with Crippen molar-refractivity contribution in [1.82, 2.24) is 15.5 Å². The molecule has 0 aliphatic rings. The molecule has 2 atom stereocenters. The summed E-state index contributed by atoms with van der Waals surface area (Å²) in [5.74, 6) is 1.32. The van der Waals surface area contributed by atoms with E-state index in [0.29, 0.717) is 18.0 Å². The van der Waals surface area contributed by atoms with Gasteiger partial charge in [-0.3, -0.25) is 5.10 Å². The largest absolute Gasteiger partial charge is 0.497 e. The maximum atomic E-state index is 10.4. The first kappa shape index (κ1) is 16.3. The van der Waals surface area contributed by atoms with Crippen LogP contribution in [0.15, 0.2) is 24.4 Å². The summed E-state index contributed by atoms with van der Waals surface area (Å²) in [7, 11) is 3.18. The highest BCUT2D eigenvalue weighted by Gasteiger charge is 2.14.